The predicted molar refractivity (Wildman–Crippen MR) is 134 cm³/mol. The van der Waals surface area contributed by atoms with Crippen molar-refractivity contribution in [3.63, 3.8) is 0 Å². The zero-order valence-electron chi connectivity index (χ0n) is 19.6. The lowest BCUT2D eigenvalue weighted by Gasteiger charge is -2.14. The van der Waals surface area contributed by atoms with E-state index in [1.54, 1.807) is 31.6 Å². The third-order valence-corrected chi connectivity index (χ3v) is 4.97. The number of esters is 1. The zero-order chi connectivity index (χ0) is 24.7. The number of nitrogens with zero attached hydrogens (tertiary/aromatic N) is 3. The number of hydrogen-bond acceptors (Lipinski definition) is 7. The number of rotatable bonds is 7. The molecule has 34 heavy (non-hydrogen) atoms. The van der Waals surface area contributed by atoms with Gasteiger partial charge in [-0.15, -0.1) is 0 Å². The second-order valence-electron chi connectivity index (χ2n) is 6.99. The number of anilines is 1. The van der Waals surface area contributed by atoms with Gasteiger partial charge in [-0.3, -0.25) is 0 Å². The summed E-state index contributed by atoms with van der Waals surface area (Å²) in [6.07, 6.45) is 3.62. The fraction of sp³-hybridized carbons (Fsp3) is 0.250. The van der Waals surface area contributed by atoms with E-state index < -0.39 is 5.97 Å². The minimum Gasteiger partial charge on any atom is -0.497 e. The molecule has 0 atom stereocenters. The molecule has 1 aromatic heterocycles. The Morgan fingerprint density at radius 1 is 1.15 bits per heavy atom. The largest absolute Gasteiger partial charge is 0.497 e. The van der Waals surface area contributed by atoms with Crippen molar-refractivity contribution >= 4 is 34.9 Å². The van der Waals surface area contributed by atoms with Gasteiger partial charge in [0.1, 0.15) is 11.5 Å². The monoisotopic (exact) mass is 482 g/mol. The Hall–Kier alpha value is -3.92. The molecule has 3 aromatic rings. The quantitative estimate of drug-likeness (QED) is 0.232. The van der Waals surface area contributed by atoms with Crippen molar-refractivity contribution < 1.29 is 23.7 Å². The van der Waals surface area contributed by atoms with Crippen LogP contribution in [0.1, 0.15) is 28.5 Å². The van der Waals surface area contributed by atoms with Crippen molar-refractivity contribution in [1.82, 2.24) is 9.55 Å². The zero-order valence-corrected chi connectivity index (χ0v) is 20.4. The molecule has 0 spiro atoms. The SMILES string of the molecule is CCO/C(=N\C(=S)Nc1cc(OC)ccc1C(=O)OC)c1ccc(-n2cnc(C)c2)c(OC)c1. The maximum absolute atomic E-state index is 12.2. The Bertz CT molecular complexity index is 1220. The summed E-state index contributed by atoms with van der Waals surface area (Å²) in [7, 11) is 4.43. The summed E-state index contributed by atoms with van der Waals surface area (Å²) in [5.74, 6) is 0.940. The first-order valence-corrected chi connectivity index (χ1v) is 10.8. The lowest BCUT2D eigenvalue weighted by Crippen LogP contribution is -2.16. The summed E-state index contributed by atoms with van der Waals surface area (Å²) in [5, 5.41) is 3.06. The number of aliphatic imine (C=N–C) groups is 1. The number of imidazole rings is 1. The van der Waals surface area contributed by atoms with Crippen LogP contribution in [0.15, 0.2) is 53.9 Å². The van der Waals surface area contributed by atoms with E-state index in [2.05, 4.69) is 15.3 Å². The number of nitrogens with one attached hydrogen (secondary N) is 1. The second-order valence-corrected chi connectivity index (χ2v) is 7.38. The van der Waals surface area contributed by atoms with Crippen molar-refractivity contribution in [2.45, 2.75) is 13.8 Å². The Kier molecular flexibility index (Phi) is 8.20. The van der Waals surface area contributed by atoms with E-state index >= 15 is 0 Å². The summed E-state index contributed by atoms with van der Waals surface area (Å²) in [4.78, 5) is 20.9. The topological polar surface area (TPSA) is 96.2 Å². The Labute approximate surface area is 203 Å². The van der Waals surface area contributed by atoms with E-state index in [1.807, 2.05) is 42.8 Å². The third kappa shape index (κ3) is 5.70. The van der Waals surface area contributed by atoms with Crippen LogP contribution in [0.2, 0.25) is 0 Å². The van der Waals surface area contributed by atoms with Gasteiger partial charge in [0.05, 0.1) is 56.9 Å². The molecule has 0 bridgehead atoms. The van der Waals surface area contributed by atoms with E-state index in [9.17, 15) is 4.79 Å². The lowest BCUT2D eigenvalue weighted by atomic mass is 10.1. The lowest BCUT2D eigenvalue weighted by molar-refractivity contribution is 0.0602. The van der Waals surface area contributed by atoms with Crippen LogP contribution in [0.3, 0.4) is 0 Å². The van der Waals surface area contributed by atoms with E-state index in [4.69, 9.17) is 31.2 Å². The minimum absolute atomic E-state index is 0.0927. The van der Waals surface area contributed by atoms with Gasteiger partial charge >= 0.3 is 5.97 Å². The molecular weight excluding hydrogens is 456 g/mol. The summed E-state index contributed by atoms with van der Waals surface area (Å²) >= 11 is 5.44. The molecule has 2 aromatic carbocycles. The second kappa shape index (κ2) is 11.3. The average molecular weight is 483 g/mol. The molecule has 0 aliphatic rings. The van der Waals surface area contributed by atoms with E-state index in [1.165, 1.54) is 14.2 Å². The molecule has 0 amide bonds. The van der Waals surface area contributed by atoms with Gasteiger partial charge in [0.25, 0.3) is 0 Å². The Morgan fingerprint density at radius 3 is 2.56 bits per heavy atom. The molecule has 0 radical (unpaired) electrons. The van der Waals surface area contributed by atoms with Crippen LogP contribution in [0.5, 0.6) is 11.5 Å². The number of carbonyl (C=O) groups excluding carboxylic acids is 1. The highest BCUT2D eigenvalue weighted by atomic mass is 32.1. The summed E-state index contributed by atoms with van der Waals surface area (Å²) in [6.45, 7) is 4.14. The number of aryl methyl sites for hydroxylation is 1. The number of carbonyl (C=O) groups is 1. The highest BCUT2D eigenvalue weighted by molar-refractivity contribution is 7.80. The maximum Gasteiger partial charge on any atom is 0.339 e. The van der Waals surface area contributed by atoms with E-state index in [0.29, 0.717) is 40.8 Å². The fourth-order valence-corrected chi connectivity index (χ4v) is 3.36. The third-order valence-electron chi connectivity index (χ3n) is 4.77. The van der Waals surface area contributed by atoms with Crippen LogP contribution in [0.4, 0.5) is 5.69 Å². The molecule has 1 N–H and O–H groups in total. The van der Waals surface area contributed by atoms with Gasteiger partial charge < -0.3 is 28.8 Å². The van der Waals surface area contributed by atoms with Crippen LogP contribution in [-0.4, -0.2) is 54.5 Å². The molecule has 0 aliphatic carbocycles. The van der Waals surface area contributed by atoms with Crippen LogP contribution >= 0.6 is 12.2 Å². The number of thiocarbonyl (C=S) groups is 1. The minimum atomic E-state index is -0.517. The normalized spacial score (nSPS) is 11.0. The molecule has 178 valence electrons. The van der Waals surface area contributed by atoms with Gasteiger partial charge in [0, 0.05) is 17.8 Å². The van der Waals surface area contributed by atoms with Crippen LogP contribution in [-0.2, 0) is 9.47 Å². The van der Waals surface area contributed by atoms with Crippen molar-refractivity contribution in [3.05, 3.63) is 65.7 Å². The number of ether oxygens (including phenoxy) is 4. The molecule has 0 unspecified atom stereocenters. The predicted octanol–water partition coefficient (Wildman–Crippen LogP) is 4.16. The first kappa shape index (κ1) is 24.7. The Balaban J connectivity index is 1.94. The summed E-state index contributed by atoms with van der Waals surface area (Å²) < 4.78 is 23.3. The van der Waals surface area contributed by atoms with Gasteiger partial charge in [0.2, 0.25) is 11.0 Å². The van der Waals surface area contributed by atoms with Gasteiger partial charge in [-0.25, -0.2) is 9.78 Å². The molecule has 10 heteroatoms. The van der Waals surface area contributed by atoms with Crippen molar-refractivity contribution in [1.29, 1.82) is 0 Å². The molecular formula is C24H26N4O5S. The molecule has 0 saturated carbocycles. The van der Waals surface area contributed by atoms with Crippen LogP contribution in [0.25, 0.3) is 5.69 Å². The summed E-state index contributed by atoms with van der Waals surface area (Å²) in [5.41, 5.74) is 3.08. The molecule has 9 nitrogen and oxygen atoms in total. The highest BCUT2D eigenvalue weighted by Crippen LogP contribution is 2.26. The molecule has 0 saturated heterocycles. The van der Waals surface area contributed by atoms with E-state index in [0.717, 1.165) is 11.4 Å². The van der Waals surface area contributed by atoms with Gasteiger partial charge in [-0.05, 0) is 56.4 Å². The van der Waals surface area contributed by atoms with Crippen molar-refractivity contribution in [2.24, 2.45) is 4.99 Å². The van der Waals surface area contributed by atoms with Crippen molar-refractivity contribution in [3.8, 4) is 17.2 Å². The van der Waals surface area contributed by atoms with Gasteiger partial charge in [0.15, 0.2) is 0 Å². The smallest absolute Gasteiger partial charge is 0.339 e. The summed E-state index contributed by atoms with van der Waals surface area (Å²) in [6, 6.07) is 10.4. The maximum atomic E-state index is 12.2. The highest BCUT2D eigenvalue weighted by Gasteiger charge is 2.16. The van der Waals surface area contributed by atoms with Crippen LogP contribution in [0, 0.1) is 6.92 Å². The van der Waals surface area contributed by atoms with Gasteiger partial charge in [-0.2, -0.15) is 4.99 Å². The number of methoxy groups -OCH3 is 3. The van der Waals surface area contributed by atoms with Gasteiger partial charge in [-0.1, -0.05) is 0 Å². The van der Waals surface area contributed by atoms with Crippen LogP contribution < -0.4 is 14.8 Å². The standard InChI is InChI=1S/C24H26N4O5S/c1-6-33-22(16-7-10-20(21(11-16)31-4)28-13-15(2)25-14-28)27-24(34)26-19-12-17(30-3)8-9-18(19)23(29)32-5/h7-14H,6H2,1-5H3,(H,26,34)/b27-22-. The number of hydrogen-bond donors (Lipinski definition) is 1. The number of benzene rings is 2. The molecule has 0 aliphatic heterocycles. The molecule has 1 heterocycles. The first-order chi connectivity index (χ1) is 16.4. The molecule has 3 rings (SSSR count). The first-order valence-electron chi connectivity index (χ1n) is 10.4. The average Bonchev–Trinajstić information content (AvgIpc) is 3.28. The number of aromatic nitrogens is 2. The van der Waals surface area contributed by atoms with Crippen molar-refractivity contribution in [2.75, 3.05) is 33.3 Å². The Morgan fingerprint density at radius 2 is 1.94 bits per heavy atom. The fourth-order valence-electron chi connectivity index (χ4n) is 3.17. The molecule has 0 fully saturated rings. The van der Waals surface area contributed by atoms with E-state index in [-0.39, 0.29) is 5.11 Å².